The quantitative estimate of drug-likeness (QED) is 0.340. The van der Waals surface area contributed by atoms with E-state index in [-0.39, 0.29) is 15.9 Å². The monoisotopic (exact) mass is 218 g/mol. The molecule has 0 saturated carbocycles. The molecule has 1 amide bonds. The van der Waals surface area contributed by atoms with Crippen LogP contribution in [0.25, 0.3) is 0 Å². The Hall–Kier alpha value is -0.710. The molecule has 14 heavy (non-hydrogen) atoms. The lowest BCUT2D eigenvalue weighted by Gasteiger charge is -2.24. The highest BCUT2D eigenvalue weighted by atomic mass is 32.2. The fourth-order valence-electron chi connectivity index (χ4n) is 1.00. The van der Waals surface area contributed by atoms with E-state index in [4.69, 9.17) is 5.21 Å². The van der Waals surface area contributed by atoms with Crippen LogP contribution in [0.1, 0.15) is 27.7 Å². The maximum atomic E-state index is 11.6. The molecular weight excluding hydrogens is 200 g/mol. The van der Waals surface area contributed by atoms with Gasteiger partial charge in [0.05, 0.1) is 5.25 Å². The number of carbonyl (C=O) groups is 1. The predicted molar refractivity (Wildman–Crippen MR) is 59.9 cm³/mol. The SMILES string of the molecule is CC(SC(C)(C)C)C(=O)N(C)C=NO. The maximum Gasteiger partial charge on any atom is 0.240 e. The lowest BCUT2D eigenvalue weighted by atomic mass is 10.3. The molecule has 0 aliphatic carbocycles. The average Bonchev–Trinajstić information content (AvgIpc) is 2.00. The van der Waals surface area contributed by atoms with E-state index in [1.807, 2.05) is 6.92 Å². The molecular formula is C9H18N2O2S. The molecule has 0 aliphatic rings. The first-order valence-corrected chi connectivity index (χ1v) is 5.28. The first kappa shape index (κ1) is 13.3. The Kier molecular flexibility index (Phi) is 4.97. The van der Waals surface area contributed by atoms with E-state index in [2.05, 4.69) is 25.9 Å². The second kappa shape index (κ2) is 5.24. The minimum absolute atomic E-state index is 0.0479. The Morgan fingerprint density at radius 3 is 2.43 bits per heavy atom. The van der Waals surface area contributed by atoms with Crippen LogP contribution in [0.5, 0.6) is 0 Å². The first-order chi connectivity index (χ1) is 6.28. The van der Waals surface area contributed by atoms with Crippen molar-refractivity contribution in [3.8, 4) is 0 Å². The average molecular weight is 218 g/mol. The van der Waals surface area contributed by atoms with Gasteiger partial charge in [-0.2, -0.15) is 0 Å². The van der Waals surface area contributed by atoms with Gasteiger partial charge in [-0.05, 0) is 6.92 Å². The summed E-state index contributed by atoms with van der Waals surface area (Å²) in [6.07, 6.45) is 1.10. The molecule has 1 atom stereocenters. The maximum absolute atomic E-state index is 11.6. The zero-order valence-electron chi connectivity index (χ0n) is 9.31. The first-order valence-electron chi connectivity index (χ1n) is 4.40. The number of thioether (sulfide) groups is 1. The van der Waals surface area contributed by atoms with Crippen molar-refractivity contribution in [1.82, 2.24) is 4.90 Å². The van der Waals surface area contributed by atoms with Crippen LogP contribution in [0.4, 0.5) is 0 Å². The fraction of sp³-hybridized carbons (Fsp3) is 0.778. The molecule has 0 radical (unpaired) electrons. The molecule has 0 aromatic heterocycles. The van der Waals surface area contributed by atoms with Gasteiger partial charge in [0.15, 0.2) is 0 Å². The standard InChI is InChI=1S/C9H18N2O2S/c1-7(14-9(2,3)4)8(12)11(5)6-10-13/h6-7,13H,1-5H3. The number of nitrogens with zero attached hydrogens (tertiary/aromatic N) is 2. The van der Waals surface area contributed by atoms with Crippen molar-refractivity contribution in [2.45, 2.75) is 37.7 Å². The second-order valence-electron chi connectivity index (χ2n) is 4.05. The molecule has 0 aliphatic heterocycles. The largest absolute Gasteiger partial charge is 0.410 e. The van der Waals surface area contributed by atoms with Crippen LogP contribution in [0.15, 0.2) is 5.16 Å². The summed E-state index contributed by atoms with van der Waals surface area (Å²) in [5, 5.41) is 10.9. The molecule has 1 unspecified atom stereocenters. The second-order valence-corrected chi connectivity index (χ2v) is 6.22. The summed E-state index contributed by atoms with van der Waals surface area (Å²) in [6.45, 7) is 8.02. The molecule has 1 N–H and O–H groups in total. The normalized spacial score (nSPS) is 14.4. The number of rotatable bonds is 3. The highest BCUT2D eigenvalue weighted by Crippen LogP contribution is 2.28. The van der Waals surface area contributed by atoms with Crippen molar-refractivity contribution in [3.63, 3.8) is 0 Å². The summed E-state index contributed by atoms with van der Waals surface area (Å²) in [5.41, 5.74) is 0. The van der Waals surface area contributed by atoms with E-state index in [1.54, 1.807) is 18.8 Å². The fourth-order valence-corrected chi connectivity index (χ4v) is 2.33. The van der Waals surface area contributed by atoms with Crippen LogP contribution >= 0.6 is 11.8 Å². The van der Waals surface area contributed by atoms with Crippen molar-refractivity contribution in [2.24, 2.45) is 5.16 Å². The van der Waals surface area contributed by atoms with Crippen LogP contribution < -0.4 is 0 Å². The van der Waals surface area contributed by atoms with Gasteiger partial charge in [-0.25, -0.2) is 0 Å². The number of oxime groups is 1. The number of amides is 1. The number of carbonyl (C=O) groups excluding carboxylic acids is 1. The van der Waals surface area contributed by atoms with Crippen LogP contribution in [0, 0.1) is 0 Å². The molecule has 0 aromatic rings. The smallest absolute Gasteiger partial charge is 0.240 e. The van der Waals surface area contributed by atoms with Gasteiger partial charge in [-0.1, -0.05) is 25.9 Å². The molecule has 0 fully saturated rings. The Balaban J connectivity index is 4.26. The molecule has 0 aromatic carbocycles. The molecule has 0 heterocycles. The van der Waals surface area contributed by atoms with E-state index in [0.29, 0.717) is 0 Å². The Morgan fingerprint density at radius 2 is 2.07 bits per heavy atom. The molecule has 4 nitrogen and oxygen atoms in total. The third-order valence-electron chi connectivity index (χ3n) is 1.45. The lowest BCUT2D eigenvalue weighted by Crippen LogP contribution is -2.34. The van der Waals surface area contributed by atoms with Crippen LogP contribution in [-0.2, 0) is 4.79 Å². The molecule has 0 saturated heterocycles. The number of hydrogen-bond donors (Lipinski definition) is 1. The summed E-state index contributed by atoms with van der Waals surface area (Å²) in [5.74, 6) is -0.0669. The van der Waals surface area contributed by atoms with E-state index in [9.17, 15) is 4.79 Å². The Bertz CT molecular complexity index is 223. The molecule has 0 rings (SSSR count). The van der Waals surface area contributed by atoms with Crippen molar-refractivity contribution >= 4 is 24.0 Å². The van der Waals surface area contributed by atoms with Gasteiger partial charge in [0.25, 0.3) is 0 Å². The summed E-state index contributed by atoms with van der Waals surface area (Å²) in [7, 11) is 1.57. The zero-order chi connectivity index (χ0) is 11.4. The molecule has 0 bridgehead atoms. The van der Waals surface area contributed by atoms with E-state index in [1.165, 1.54) is 4.90 Å². The molecule has 82 valence electrons. The van der Waals surface area contributed by atoms with E-state index >= 15 is 0 Å². The lowest BCUT2D eigenvalue weighted by molar-refractivity contribution is -0.125. The van der Waals surface area contributed by atoms with Crippen LogP contribution in [-0.4, -0.2) is 39.4 Å². The van der Waals surface area contributed by atoms with Gasteiger partial charge in [0.2, 0.25) is 5.91 Å². The van der Waals surface area contributed by atoms with Gasteiger partial charge < -0.3 is 10.1 Å². The van der Waals surface area contributed by atoms with Gasteiger partial charge in [-0.15, -0.1) is 11.8 Å². The molecule has 5 heteroatoms. The molecule has 0 spiro atoms. The third-order valence-corrected chi connectivity index (χ3v) is 2.71. The highest BCUT2D eigenvalue weighted by Gasteiger charge is 2.23. The summed E-state index contributed by atoms with van der Waals surface area (Å²) < 4.78 is 0.0479. The third kappa shape index (κ3) is 5.11. The Morgan fingerprint density at radius 1 is 1.57 bits per heavy atom. The zero-order valence-corrected chi connectivity index (χ0v) is 10.1. The van der Waals surface area contributed by atoms with Gasteiger partial charge in [0.1, 0.15) is 6.34 Å². The number of hydrogen-bond acceptors (Lipinski definition) is 4. The van der Waals surface area contributed by atoms with Crippen LogP contribution in [0.3, 0.4) is 0 Å². The summed E-state index contributed by atoms with van der Waals surface area (Å²) in [6, 6.07) is 0. The van der Waals surface area contributed by atoms with Crippen LogP contribution in [0.2, 0.25) is 0 Å². The van der Waals surface area contributed by atoms with E-state index < -0.39 is 0 Å². The van der Waals surface area contributed by atoms with Gasteiger partial charge >= 0.3 is 0 Å². The van der Waals surface area contributed by atoms with Crippen molar-refractivity contribution in [2.75, 3.05) is 7.05 Å². The van der Waals surface area contributed by atoms with Crippen molar-refractivity contribution in [3.05, 3.63) is 0 Å². The minimum atomic E-state index is -0.141. The minimum Gasteiger partial charge on any atom is -0.410 e. The van der Waals surface area contributed by atoms with Gasteiger partial charge in [0, 0.05) is 11.8 Å². The van der Waals surface area contributed by atoms with Crippen molar-refractivity contribution < 1.29 is 10.0 Å². The van der Waals surface area contributed by atoms with Crippen molar-refractivity contribution in [1.29, 1.82) is 0 Å². The van der Waals surface area contributed by atoms with E-state index in [0.717, 1.165) is 6.34 Å². The predicted octanol–water partition coefficient (Wildman–Crippen LogP) is 1.78. The topological polar surface area (TPSA) is 52.9 Å². The van der Waals surface area contributed by atoms with Gasteiger partial charge in [-0.3, -0.25) is 4.79 Å². The highest BCUT2D eigenvalue weighted by molar-refractivity contribution is 8.01. The summed E-state index contributed by atoms with van der Waals surface area (Å²) in [4.78, 5) is 12.9. The Labute approximate surface area is 89.3 Å². The summed E-state index contributed by atoms with van der Waals surface area (Å²) >= 11 is 1.58.